The third-order valence-corrected chi connectivity index (χ3v) is 3.35. The van der Waals surface area contributed by atoms with Crippen molar-refractivity contribution in [1.82, 2.24) is 19.6 Å². The van der Waals surface area contributed by atoms with E-state index < -0.39 is 0 Å². The van der Waals surface area contributed by atoms with E-state index in [0.717, 1.165) is 10.0 Å². The summed E-state index contributed by atoms with van der Waals surface area (Å²) in [6.45, 7) is 0. The lowest BCUT2D eigenvalue weighted by Crippen LogP contribution is -1.92. The lowest BCUT2D eigenvalue weighted by atomic mass is 10.2. The predicted molar refractivity (Wildman–Crippen MR) is 68.9 cm³/mol. The number of hydrogen-bond donors (Lipinski definition) is 0. The molecule has 0 atom stereocenters. The van der Waals surface area contributed by atoms with Gasteiger partial charge < -0.3 is 0 Å². The van der Waals surface area contributed by atoms with Crippen molar-refractivity contribution in [3.8, 4) is 11.4 Å². The van der Waals surface area contributed by atoms with Crippen LogP contribution in [0, 0.1) is 0 Å². The van der Waals surface area contributed by atoms with E-state index in [9.17, 15) is 0 Å². The SMILES string of the molecule is Clc1cncc2nnc(-c3ccccc3Br)n12. The molecule has 2 aromatic heterocycles. The van der Waals surface area contributed by atoms with E-state index in [2.05, 4.69) is 31.1 Å². The molecule has 84 valence electrons. The highest BCUT2D eigenvalue weighted by atomic mass is 79.9. The molecule has 0 fully saturated rings. The summed E-state index contributed by atoms with van der Waals surface area (Å²) < 4.78 is 2.71. The first-order valence-corrected chi connectivity index (χ1v) is 6.04. The normalized spacial score (nSPS) is 10.9. The van der Waals surface area contributed by atoms with Crippen LogP contribution in [0.25, 0.3) is 17.0 Å². The maximum absolute atomic E-state index is 6.11. The lowest BCUT2D eigenvalue weighted by molar-refractivity contribution is 1.11. The van der Waals surface area contributed by atoms with Gasteiger partial charge in [-0.05, 0) is 6.07 Å². The van der Waals surface area contributed by atoms with Crippen LogP contribution in [0.1, 0.15) is 0 Å². The van der Waals surface area contributed by atoms with E-state index in [1.165, 1.54) is 0 Å². The average Bonchev–Trinajstić information content (AvgIpc) is 2.75. The van der Waals surface area contributed by atoms with Crippen LogP contribution in [0.3, 0.4) is 0 Å². The number of benzene rings is 1. The summed E-state index contributed by atoms with van der Waals surface area (Å²) in [4.78, 5) is 3.97. The molecule has 0 saturated heterocycles. The van der Waals surface area contributed by atoms with Crippen LogP contribution in [0.5, 0.6) is 0 Å². The van der Waals surface area contributed by atoms with E-state index >= 15 is 0 Å². The predicted octanol–water partition coefficient (Wildman–Crippen LogP) is 3.21. The Bertz CT molecular complexity index is 695. The number of nitrogens with zero attached hydrogens (tertiary/aromatic N) is 4. The summed E-state index contributed by atoms with van der Waals surface area (Å²) in [5.41, 5.74) is 1.57. The molecule has 0 aliphatic rings. The fourth-order valence-electron chi connectivity index (χ4n) is 1.63. The molecule has 2 heterocycles. The molecular weight excluding hydrogens is 304 g/mol. The largest absolute Gasteiger partial charge is 0.262 e. The smallest absolute Gasteiger partial charge is 0.180 e. The molecule has 0 bridgehead atoms. The van der Waals surface area contributed by atoms with Gasteiger partial charge in [-0.2, -0.15) is 0 Å². The minimum atomic E-state index is 0.484. The summed E-state index contributed by atoms with van der Waals surface area (Å²) in [6.07, 6.45) is 3.19. The van der Waals surface area contributed by atoms with Gasteiger partial charge in [-0.1, -0.05) is 45.7 Å². The van der Waals surface area contributed by atoms with Crippen molar-refractivity contribution in [2.24, 2.45) is 0 Å². The first kappa shape index (κ1) is 10.7. The van der Waals surface area contributed by atoms with Gasteiger partial charge >= 0.3 is 0 Å². The zero-order valence-corrected chi connectivity index (χ0v) is 10.9. The molecule has 17 heavy (non-hydrogen) atoms. The molecule has 3 rings (SSSR count). The van der Waals surface area contributed by atoms with Crippen LogP contribution in [0.4, 0.5) is 0 Å². The van der Waals surface area contributed by atoms with Gasteiger partial charge in [0.25, 0.3) is 0 Å². The first-order valence-electron chi connectivity index (χ1n) is 4.87. The van der Waals surface area contributed by atoms with Gasteiger partial charge in [-0.15, -0.1) is 10.2 Å². The van der Waals surface area contributed by atoms with Crippen molar-refractivity contribution in [3.05, 3.63) is 46.3 Å². The van der Waals surface area contributed by atoms with E-state index in [1.807, 2.05) is 24.3 Å². The quantitative estimate of drug-likeness (QED) is 0.693. The Kier molecular flexibility index (Phi) is 2.57. The zero-order chi connectivity index (χ0) is 11.8. The highest BCUT2D eigenvalue weighted by Crippen LogP contribution is 2.28. The summed E-state index contributed by atoms with van der Waals surface area (Å²) >= 11 is 9.60. The van der Waals surface area contributed by atoms with Gasteiger partial charge in [-0.3, -0.25) is 9.38 Å². The number of aromatic nitrogens is 4. The fourth-order valence-corrected chi connectivity index (χ4v) is 2.32. The van der Waals surface area contributed by atoms with Gasteiger partial charge in [0, 0.05) is 10.0 Å². The maximum atomic E-state index is 6.11. The molecule has 6 heteroatoms. The second-order valence-electron chi connectivity index (χ2n) is 3.43. The second-order valence-corrected chi connectivity index (χ2v) is 4.67. The molecule has 0 unspecified atom stereocenters. The number of halogens is 2. The summed E-state index contributed by atoms with van der Waals surface area (Å²) in [5.74, 6) is 0.694. The minimum Gasteiger partial charge on any atom is -0.262 e. The van der Waals surface area contributed by atoms with Gasteiger partial charge in [-0.25, -0.2) is 0 Å². The van der Waals surface area contributed by atoms with Gasteiger partial charge in [0.15, 0.2) is 11.5 Å². The van der Waals surface area contributed by atoms with E-state index in [1.54, 1.807) is 16.8 Å². The average molecular weight is 310 g/mol. The lowest BCUT2D eigenvalue weighted by Gasteiger charge is -2.03. The van der Waals surface area contributed by atoms with Crippen LogP contribution in [0.2, 0.25) is 5.15 Å². The molecule has 0 saturated carbocycles. The molecular formula is C11H6BrClN4. The second kappa shape index (κ2) is 4.09. The van der Waals surface area contributed by atoms with Gasteiger partial charge in [0.2, 0.25) is 0 Å². The third kappa shape index (κ3) is 1.71. The number of rotatable bonds is 1. The van der Waals surface area contributed by atoms with Gasteiger partial charge in [0.1, 0.15) is 5.15 Å². The van der Waals surface area contributed by atoms with Crippen LogP contribution in [-0.2, 0) is 0 Å². The molecule has 1 aromatic carbocycles. The molecule has 3 aromatic rings. The molecule has 0 radical (unpaired) electrons. The van der Waals surface area contributed by atoms with E-state index in [-0.39, 0.29) is 0 Å². The third-order valence-electron chi connectivity index (χ3n) is 2.39. The minimum absolute atomic E-state index is 0.484. The number of hydrogen-bond acceptors (Lipinski definition) is 3. The Labute approximate surface area is 110 Å². The Morgan fingerprint density at radius 1 is 1.12 bits per heavy atom. The van der Waals surface area contributed by atoms with Crippen molar-refractivity contribution in [2.75, 3.05) is 0 Å². The highest BCUT2D eigenvalue weighted by Gasteiger charge is 2.12. The monoisotopic (exact) mass is 308 g/mol. The number of fused-ring (bicyclic) bond motifs is 1. The zero-order valence-electron chi connectivity index (χ0n) is 8.51. The van der Waals surface area contributed by atoms with E-state index in [4.69, 9.17) is 11.6 Å². The molecule has 0 amide bonds. The van der Waals surface area contributed by atoms with Crippen LogP contribution >= 0.6 is 27.5 Å². The summed E-state index contributed by atoms with van der Waals surface area (Å²) in [5, 5.41) is 8.67. The first-order chi connectivity index (χ1) is 8.27. The van der Waals surface area contributed by atoms with Crippen LogP contribution in [0.15, 0.2) is 41.1 Å². The molecule has 0 N–H and O–H groups in total. The maximum Gasteiger partial charge on any atom is 0.180 e. The van der Waals surface area contributed by atoms with Crippen LogP contribution < -0.4 is 0 Å². The van der Waals surface area contributed by atoms with E-state index in [0.29, 0.717) is 16.6 Å². The van der Waals surface area contributed by atoms with Crippen molar-refractivity contribution in [3.63, 3.8) is 0 Å². The Balaban J connectivity index is 2.36. The van der Waals surface area contributed by atoms with Crippen molar-refractivity contribution in [1.29, 1.82) is 0 Å². The fraction of sp³-hybridized carbons (Fsp3) is 0. The summed E-state index contributed by atoms with van der Waals surface area (Å²) in [7, 11) is 0. The summed E-state index contributed by atoms with van der Waals surface area (Å²) in [6, 6.07) is 7.79. The standard InChI is InChI=1S/C11H6BrClN4/c12-8-4-2-1-3-7(8)11-16-15-10-6-14-5-9(13)17(10)11/h1-6H. The molecule has 0 spiro atoms. The highest BCUT2D eigenvalue weighted by molar-refractivity contribution is 9.10. The van der Waals surface area contributed by atoms with Gasteiger partial charge in [0.05, 0.1) is 12.4 Å². The molecule has 0 aliphatic heterocycles. The van der Waals surface area contributed by atoms with Crippen molar-refractivity contribution >= 4 is 33.2 Å². The van der Waals surface area contributed by atoms with Crippen LogP contribution in [-0.4, -0.2) is 19.6 Å². The van der Waals surface area contributed by atoms with Crippen molar-refractivity contribution in [2.45, 2.75) is 0 Å². The van der Waals surface area contributed by atoms with Crippen molar-refractivity contribution < 1.29 is 0 Å². The molecule has 4 nitrogen and oxygen atoms in total. The Morgan fingerprint density at radius 3 is 2.76 bits per heavy atom. The Morgan fingerprint density at radius 2 is 1.94 bits per heavy atom. The molecule has 0 aliphatic carbocycles. The topological polar surface area (TPSA) is 43.1 Å². The Hall–Kier alpha value is -1.46.